The van der Waals surface area contributed by atoms with E-state index in [2.05, 4.69) is 6.92 Å². The molecule has 1 rings (SSSR count). The quantitative estimate of drug-likeness (QED) is 0.642. The van der Waals surface area contributed by atoms with E-state index < -0.39 is 0 Å². The monoisotopic (exact) mass is 173 g/mol. The van der Waals surface area contributed by atoms with Gasteiger partial charge in [-0.1, -0.05) is 19.8 Å². The average Bonchev–Trinajstić information content (AvgIpc) is 2.15. The molecule has 1 atom stereocenters. The topological polar surface area (TPSA) is 21.7 Å². The minimum absolute atomic E-state index is 0.388. The fraction of sp³-hybridized carbons (Fsp3) is 1.00. The van der Waals surface area contributed by atoms with E-state index in [1.54, 1.807) is 7.11 Å². The number of unbranched alkanes of at least 4 members (excludes halogenated alkanes) is 1. The lowest BCUT2D eigenvalue weighted by atomic mass is 10.1. The zero-order chi connectivity index (χ0) is 8.81. The van der Waals surface area contributed by atoms with Crippen LogP contribution in [0.25, 0.3) is 0 Å². The van der Waals surface area contributed by atoms with Gasteiger partial charge in [0, 0.05) is 6.54 Å². The highest BCUT2D eigenvalue weighted by Crippen LogP contribution is 2.11. The van der Waals surface area contributed by atoms with E-state index in [1.165, 1.54) is 12.8 Å². The van der Waals surface area contributed by atoms with Crippen LogP contribution in [0, 0.1) is 0 Å². The normalized spacial score (nSPS) is 26.0. The molecule has 72 valence electrons. The van der Waals surface area contributed by atoms with Gasteiger partial charge in [-0.05, 0) is 6.42 Å². The number of rotatable bonds is 4. The summed E-state index contributed by atoms with van der Waals surface area (Å²) in [5.74, 6) is 0. The van der Waals surface area contributed by atoms with Crippen molar-refractivity contribution in [1.29, 1.82) is 0 Å². The van der Waals surface area contributed by atoms with Crippen molar-refractivity contribution in [3.05, 3.63) is 0 Å². The SMILES string of the molecule is CCCCC1CN(OC)CCO1. The molecule has 0 spiro atoms. The Labute approximate surface area is 74.6 Å². The van der Waals surface area contributed by atoms with Gasteiger partial charge in [0.1, 0.15) is 0 Å². The zero-order valence-electron chi connectivity index (χ0n) is 8.08. The summed E-state index contributed by atoms with van der Waals surface area (Å²) in [4.78, 5) is 5.15. The molecule has 1 fully saturated rings. The van der Waals surface area contributed by atoms with Crippen molar-refractivity contribution >= 4 is 0 Å². The molecule has 0 saturated carbocycles. The average molecular weight is 173 g/mol. The van der Waals surface area contributed by atoms with Gasteiger partial charge in [0.15, 0.2) is 0 Å². The Morgan fingerprint density at radius 2 is 2.42 bits per heavy atom. The molecule has 3 nitrogen and oxygen atoms in total. The van der Waals surface area contributed by atoms with Gasteiger partial charge in [-0.15, -0.1) is 0 Å². The second-order valence-corrected chi connectivity index (χ2v) is 3.21. The fourth-order valence-corrected chi connectivity index (χ4v) is 1.46. The molecule has 1 aliphatic heterocycles. The van der Waals surface area contributed by atoms with Gasteiger partial charge in [0.25, 0.3) is 0 Å². The smallest absolute Gasteiger partial charge is 0.0726 e. The Bertz CT molecular complexity index is 119. The predicted molar refractivity (Wildman–Crippen MR) is 47.8 cm³/mol. The van der Waals surface area contributed by atoms with E-state index in [0.717, 1.165) is 26.1 Å². The van der Waals surface area contributed by atoms with Crippen molar-refractivity contribution in [2.45, 2.75) is 32.3 Å². The number of morpholine rings is 1. The lowest BCUT2D eigenvalue weighted by molar-refractivity contribution is -0.193. The molecule has 1 saturated heterocycles. The summed E-state index contributed by atoms with van der Waals surface area (Å²) in [5, 5.41) is 1.98. The molecule has 0 radical (unpaired) electrons. The van der Waals surface area contributed by atoms with E-state index in [1.807, 2.05) is 5.06 Å². The van der Waals surface area contributed by atoms with Crippen LogP contribution in [-0.2, 0) is 9.57 Å². The first-order valence-corrected chi connectivity index (χ1v) is 4.77. The van der Waals surface area contributed by atoms with Crippen LogP contribution in [0.5, 0.6) is 0 Å². The van der Waals surface area contributed by atoms with Crippen LogP contribution in [0.15, 0.2) is 0 Å². The van der Waals surface area contributed by atoms with Crippen LogP contribution in [0.2, 0.25) is 0 Å². The Hall–Kier alpha value is -0.120. The maximum absolute atomic E-state index is 5.59. The molecule has 0 aromatic heterocycles. The Kier molecular flexibility index (Phi) is 4.58. The minimum atomic E-state index is 0.388. The molecule has 1 heterocycles. The van der Waals surface area contributed by atoms with Gasteiger partial charge >= 0.3 is 0 Å². The summed E-state index contributed by atoms with van der Waals surface area (Å²) >= 11 is 0. The highest BCUT2D eigenvalue weighted by Gasteiger charge is 2.19. The summed E-state index contributed by atoms with van der Waals surface area (Å²) in [6.07, 6.45) is 4.05. The predicted octanol–water partition coefficient (Wildman–Crippen LogP) is 1.44. The van der Waals surface area contributed by atoms with Gasteiger partial charge < -0.3 is 9.57 Å². The van der Waals surface area contributed by atoms with Crippen molar-refractivity contribution < 1.29 is 9.57 Å². The van der Waals surface area contributed by atoms with Crippen LogP contribution in [0.1, 0.15) is 26.2 Å². The fourth-order valence-electron chi connectivity index (χ4n) is 1.46. The lowest BCUT2D eigenvalue weighted by Crippen LogP contribution is -2.41. The number of hydroxylamine groups is 2. The summed E-state index contributed by atoms with van der Waals surface area (Å²) in [7, 11) is 1.72. The number of ether oxygens (including phenoxy) is 1. The molecular formula is C9H19NO2. The van der Waals surface area contributed by atoms with Crippen molar-refractivity contribution in [3.8, 4) is 0 Å². The van der Waals surface area contributed by atoms with Crippen molar-refractivity contribution in [2.24, 2.45) is 0 Å². The molecular weight excluding hydrogens is 154 g/mol. The van der Waals surface area contributed by atoms with Crippen LogP contribution < -0.4 is 0 Å². The van der Waals surface area contributed by atoms with Crippen LogP contribution in [0.4, 0.5) is 0 Å². The summed E-state index contributed by atoms with van der Waals surface area (Å²) in [5.41, 5.74) is 0. The largest absolute Gasteiger partial charge is 0.375 e. The van der Waals surface area contributed by atoms with Crippen molar-refractivity contribution in [3.63, 3.8) is 0 Å². The first kappa shape index (κ1) is 9.96. The third-order valence-corrected chi connectivity index (χ3v) is 2.24. The van der Waals surface area contributed by atoms with E-state index in [-0.39, 0.29) is 0 Å². The van der Waals surface area contributed by atoms with Crippen molar-refractivity contribution in [1.82, 2.24) is 5.06 Å². The molecule has 0 bridgehead atoms. The molecule has 0 aromatic carbocycles. The molecule has 0 aromatic rings. The molecule has 3 heteroatoms. The first-order chi connectivity index (χ1) is 5.86. The van der Waals surface area contributed by atoms with Gasteiger partial charge in [0.05, 0.1) is 26.4 Å². The second kappa shape index (κ2) is 5.51. The highest BCUT2D eigenvalue weighted by molar-refractivity contribution is 4.66. The van der Waals surface area contributed by atoms with Gasteiger partial charge in [-0.3, -0.25) is 0 Å². The molecule has 0 aliphatic carbocycles. The van der Waals surface area contributed by atoms with Crippen LogP contribution >= 0.6 is 0 Å². The summed E-state index contributed by atoms with van der Waals surface area (Å²) < 4.78 is 5.59. The Balaban J connectivity index is 2.16. The van der Waals surface area contributed by atoms with E-state index in [9.17, 15) is 0 Å². The van der Waals surface area contributed by atoms with Gasteiger partial charge in [0.2, 0.25) is 0 Å². The van der Waals surface area contributed by atoms with E-state index in [4.69, 9.17) is 9.57 Å². The molecule has 0 N–H and O–H groups in total. The van der Waals surface area contributed by atoms with Gasteiger partial charge in [-0.25, -0.2) is 0 Å². The lowest BCUT2D eigenvalue weighted by Gasteiger charge is -2.30. The standard InChI is InChI=1S/C9H19NO2/c1-3-4-5-9-8-10(11-2)6-7-12-9/h9H,3-8H2,1-2H3. The molecule has 1 unspecified atom stereocenters. The number of hydrogen-bond acceptors (Lipinski definition) is 3. The van der Waals surface area contributed by atoms with Crippen LogP contribution in [0.3, 0.4) is 0 Å². The third kappa shape index (κ3) is 3.09. The molecule has 12 heavy (non-hydrogen) atoms. The highest BCUT2D eigenvalue weighted by atomic mass is 16.7. The third-order valence-electron chi connectivity index (χ3n) is 2.24. The van der Waals surface area contributed by atoms with Gasteiger partial charge in [-0.2, -0.15) is 5.06 Å². The molecule has 0 amide bonds. The maximum Gasteiger partial charge on any atom is 0.0726 e. The summed E-state index contributed by atoms with van der Waals surface area (Å²) in [6.45, 7) is 4.84. The zero-order valence-corrected chi connectivity index (χ0v) is 8.08. The first-order valence-electron chi connectivity index (χ1n) is 4.77. The van der Waals surface area contributed by atoms with E-state index >= 15 is 0 Å². The Morgan fingerprint density at radius 1 is 1.58 bits per heavy atom. The minimum Gasteiger partial charge on any atom is -0.375 e. The van der Waals surface area contributed by atoms with E-state index in [0.29, 0.717) is 6.10 Å². The molecule has 1 aliphatic rings. The summed E-state index contributed by atoms with van der Waals surface area (Å²) in [6, 6.07) is 0. The second-order valence-electron chi connectivity index (χ2n) is 3.21. The number of hydrogen-bond donors (Lipinski definition) is 0. The van der Waals surface area contributed by atoms with Crippen molar-refractivity contribution in [2.75, 3.05) is 26.8 Å². The maximum atomic E-state index is 5.59. The Morgan fingerprint density at radius 3 is 3.08 bits per heavy atom. The number of nitrogens with zero attached hydrogens (tertiary/aromatic N) is 1. The van der Waals surface area contributed by atoms with Crippen LogP contribution in [-0.4, -0.2) is 38.0 Å².